The molecule has 2 aliphatic rings. The monoisotopic (exact) mass is 312 g/mol. The van der Waals surface area contributed by atoms with E-state index in [-0.39, 0.29) is 23.6 Å². The summed E-state index contributed by atoms with van der Waals surface area (Å²) in [6.45, 7) is 3.89. The van der Waals surface area contributed by atoms with E-state index in [0.29, 0.717) is 6.61 Å². The Balaban J connectivity index is 1.71. The molecule has 0 amide bonds. The number of hydrogen-bond acceptors (Lipinski definition) is 3. The minimum absolute atomic E-state index is 0.0845. The zero-order valence-corrected chi connectivity index (χ0v) is 13.9. The van der Waals surface area contributed by atoms with E-state index in [4.69, 9.17) is 10.5 Å². The molecular weight excluding hydrogens is 284 g/mol. The Morgan fingerprint density at radius 1 is 1.26 bits per heavy atom. The first kappa shape index (κ1) is 16.4. The van der Waals surface area contributed by atoms with Gasteiger partial charge in [0.1, 0.15) is 0 Å². The van der Waals surface area contributed by atoms with Crippen LogP contribution in [0, 0.1) is 5.41 Å². The number of nitrogens with one attached hydrogen (secondary N) is 1. The molecule has 1 heterocycles. The van der Waals surface area contributed by atoms with E-state index >= 15 is 0 Å². The van der Waals surface area contributed by atoms with Gasteiger partial charge in [0.2, 0.25) is 0 Å². The fourth-order valence-corrected chi connectivity index (χ4v) is 3.57. The summed E-state index contributed by atoms with van der Waals surface area (Å²) < 4.78 is 5.88. The van der Waals surface area contributed by atoms with E-state index in [9.17, 15) is 0 Å². The zero-order valence-electron chi connectivity index (χ0n) is 13.9. The quantitative estimate of drug-likeness (QED) is 0.876. The number of allylic oxidation sites excluding steroid dienone is 3. The summed E-state index contributed by atoms with van der Waals surface area (Å²) in [7, 11) is 0. The van der Waals surface area contributed by atoms with E-state index in [0.717, 1.165) is 25.8 Å². The lowest BCUT2D eigenvalue weighted by molar-refractivity contribution is 0.00291. The summed E-state index contributed by atoms with van der Waals surface area (Å²) in [5.74, 6) is 0. The Labute approximate surface area is 139 Å². The first-order valence-corrected chi connectivity index (χ1v) is 8.67. The van der Waals surface area contributed by atoms with Gasteiger partial charge >= 0.3 is 0 Å². The van der Waals surface area contributed by atoms with Gasteiger partial charge in [-0.25, -0.2) is 0 Å². The van der Waals surface area contributed by atoms with Crippen LogP contribution in [-0.2, 0) is 4.74 Å². The van der Waals surface area contributed by atoms with E-state index in [1.807, 2.05) is 0 Å². The molecule has 124 valence electrons. The van der Waals surface area contributed by atoms with Gasteiger partial charge in [-0.2, -0.15) is 0 Å². The van der Waals surface area contributed by atoms with Crippen LogP contribution in [0.3, 0.4) is 0 Å². The molecule has 0 bridgehead atoms. The average Bonchev–Trinajstić information content (AvgIpc) is 2.58. The third-order valence-electron chi connectivity index (χ3n) is 5.03. The molecule has 1 saturated heterocycles. The second-order valence-electron chi connectivity index (χ2n) is 7.04. The lowest BCUT2D eigenvalue weighted by atomic mass is 9.74. The van der Waals surface area contributed by atoms with Crippen molar-refractivity contribution in [2.75, 3.05) is 13.2 Å². The van der Waals surface area contributed by atoms with Gasteiger partial charge in [-0.15, -0.1) is 0 Å². The molecular formula is C20H28N2O. The van der Waals surface area contributed by atoms with Gasteiger partial charge in [0, 0.05) is 24.0 Å². The molecule has 1 aliphatic heterocycles. The lowest BCUT2D eigenvalue weighted by Crippen LogP contribution is -2.43. The summed E-state index contributed by atoms with van der Waals surface area (Å²) >= 11 is 0. The van der Waals surface area contributed by atoms with Crippen LogP contribution in [0.15, 0.2) is 54.6 Å². The second kappa shape index (κ2) is 7.43. The third kappa shape index (κ3) is 4.11. The molecule has 3 heteroatoms. The number of ether oxygens (including phenoxy) is 1. The smallest absolute Gasteiger partial charge is 0.0701 e. The van der Waals surface area contributed by atoms with Gasteiger partial charge < -0.3 is 15.8 Å². The summed E-state index contributed by atoms with van der Waals surface area (Å²) in [6, 6.07) is 11.2. The van der Waals surface area contributed by atoms with Crippen molar-refractivity contribution in [3.8, 4) is 0 Å². The first-order valence-electron chi connectivity index (χ1n) is 8.67. The Morgan fingerprint density at radius 3 is 2.74 bits per heavy atom. The first-order chi connectivity index (χ1) is 11.2. The SMILES string of the molecule is CC1(C(NCC2CCC(N)CO2)c2ccccc2)C=CC=CC1. The minimum Gasteiger partial charge on any atom is -0.375 e. The fraction of sp³-hybridized carbons (Fsp3) is 0.500. The molecule has 0 spiro atoms. The van der Waals surface area contributed by atoms with E-state index in [1.54, 1.807) is 0 Å². The van der Waals surface area contributed by atoms with Gasteiger partial charge in [0.15, 0.2) is 0 Å². The van der Waals surface area contributed by atoms with Crippen LogP contribution in [0.1, 0.15) is 37.8 Å². The summed E-state index contributed by atoms with van der Waals surface area (Å²) in [5, 5.41) is 3.78. The normalized spacial score (nSPS) is 31.9. The van der Waals surface area contributed by atoms with Gasteiger partial charge in [0.05, 0.1) is 12.7 Å². The van der Waals surface area contributed by atoms with Crippen molar-refractivity contribution < 1.29 is 4.74 Å². The van der Waals surface area contributed by atoms with Gasteiger partial charge in [-0.05, 0) is 24.8 Å². The number of nitrogens with two attached hydrogens (primary N) is 1. The maximum atomic E-state index is 5.92. The van der Waals surface area contributed by atoms with Crippen molar-refractivity contribution in [3.05, 3.63) is 60.2 Å². The van der Waals surface area contributed by atoms with Crippen LogP contribution in [0.2, 0.25) is 0 Å². The van der Waals surface area contributed by atoms with Crippen molar-refractivity contribution >= 4 is 0 Å². The molecule has 4 atom stereocenters. The predicted molar refractivity (Wildman–Crippen MR) is 95.1 cm³/mol. The van der Waals surface area contributed by atoms with Crippen molar-refractivity contribution in [2.24, 2.45) is 11.1 Å². The maximum Gasteiger partial charge on any atom is 0.0701 e. The summed E-state index contributed by atoms with van der Waals surface area (Å²) in [5.41, 5.74) is 7.34. The van der Waals surface area contributed by atoms with Crippen LogP contribution in [0.4, 0.5) is 0 Å². The summed E-state index contributed by atoms with van der Waals surface area (Å²) in [6.07, 6.45) is 12.3. The van der Waals surface area contributed by atoms with E-state index in [1.165, 1.54) is 5.56 Å². The second-order valence-corrected chi connectivity index (χ2v) is 7.04. The highest BCUT2D eigenvalue weighted by atomic mass is 16.5. The molecule has 4 unspecified atom stereocenters. The summed E-state index contributed by atoms with van der Waals surface area (Å²) in [4.78, 5) is 0. The molecule has 23 heavy (non-hydrogen) atoms. The van der Waals surface area contributed by atoms with E-state index < -0.39 is 0 Å². The van der Waals surface area contributed by atoms with Crippen LogP contribution >= 0.6 is 0 Å². The van der Waals surface area contributed by atoms with Crippen LogP contribution < -0.4 is 11.1 Å². The minimum atomic E-state index is 0.0845. The highest BCUT2D eigenvalue weighted by molar-refractivity contribution is 5.27. The third-order valence-corrected chi connectivity index (χ3v) is 5.03. The molecule has 3 nitrogen and oxygen atoms in total. The van der Waals surface area contributed by atoms with Crippen molar-refractivity contribution in [1.82, 2.24) is 5.32 Å². The molecule has 1 aromatic carbocycles. The topological polar surface area (TPSA) is 47.3 Å². The molecule has 1 fully saturated rings. The molecule has 1 aliphatic carbocycles. The zero-order chi connectivity index (χ0) is 16.1. The Hall–Kier alpha value is -1.42. The van der Waals surface area contributed by atoms with Crippen LogP contribution in [0.25, 0.3) is 0 Å². The Morgan fingerprint density at radius 2 is 2.09 bits per heavy atom. The van der Waals surface area contributed by atoms with Crippen molar-refractivity contribution in [2.45, 2.75) is 44.4 Å². The largest absolute Gasteiger partial charge is 0.375 e. The molecule has 3 N–H and O–H groups in total. The lowest BCUT2D eigenvalue weighted by Gasteiger charge is -2.38. The molecule has 1 aromatic rings. The molecule has 0 saturated carbocycles. The highest BCUT2D eigenvalue weighted by Crippen LogP contribution is 2.40. The van der Waals surface area contributed by atoms with Crippen LogP contribution in [-0.4, -0.2) is 25.3 Å². The number of hydrogen-bond donors (Lipinski definition) is 2. The standard InChI is InChI=1S/C20H28N2O/c1-20(12-6-3-7-13-20)19(16-8-4-2-5-9-16)22-14-18-11-10-17(21)15-23-18/h2-9,12,17-19,22H,10-11,13-15,21H2,1H3. The van der Waals surface area contributed by atoms with Crippen molar-refractivity contribution in [3.63, 3.8) is 0 Å². The average molecular weight is 312 g/mol. The Kier molecular flexibility index (Phi) is 5.31. The van der Waals surface area contributed by atoms with Gasteiger partial charge in [-0.1, -0.05) is 61.6 Å². The molecule has 0 radical (unpaired) electrons. The molecule has 0 aromatic heterocycles. The number of benzene rings is 1. The van der Waals surface area contributed by atoms with Gasteiger partial charge in [-0.3, -0.25) is 0 Å². The van der Waals surface area contributed by atoms with E-state index in [2.05, 4.69) is 66.9 Å². The Bertz CT molecular complexity index is 546. The van der Waals surface area contributed by atoms with Crippen molar-refractivity contribution in [1.29, 1.82) is 0 Å². The van der Waals surface area contributed by atoms with Gasteiger partial charge in [0.25, 0.3) is 0 Å². The number of rotatable bonds is 5. The van der Waals surface area contributed by atoms with Crippen LogP contribution in [0.5, 0.6) is 0 Å². The maximum absolute atomic E-state index is 5.92. The molecule has 3 rings (SSSR count). The predicted octanol–water partition coefficient (Wildman–Crippen LogP) is 3.35. The fourth-order valence-electron chi connectivity index (χ4n) is 3.57. The highest BCUT2D eigenvalue weighted by Gasteiger charge is 2.33.